The van der Waals surface area contributed by atoms with Crippen molar-refractivity contribution in [2.45, 2.75) is 33.2 Å². The van der Waals surface area contributed by atoms with Gasteiger partial charge in [-0.15, -0.1) is 0 Å². The lowest BCUT2D eigenvalue weighted by molar-refractivity contribution is 0.0692. The number of carbonyl (C=O) groups is 1. The number of halogens is 2. The Hall–Kier alpha value is -3.05. The Morgan fingerprint density at radius 2 is 1.85 bits per heavy atom. The molecule has 0 radical (unpaired) electrons. The Balaban J connectivity index is 1.97. The molecular weight excluding hydrogens is 527 g/mol. The second-order valence-corrected chi connectivity index (χ2v) is 11.3. The molecule has 4 rings (SSSR count). The Kier molecular flexibility index (Phi) is 8.60. The molecule has 0 bridgehead atoms. The summed E-state index contributed by atoms with van der Waals surface area (Å²) in [4.78, 5) is 34.5. The summed E-state index contributed by atoms with van der Waals surface area (Å²) >= 11 is 6.04. The number of hydrogen-bond acceptors (Lipinski definition) is 7. The number of aromatic nitrogens is 2. The number of piperazine rings is 1. The van der Waals surface area contributed by atoms with Crippen molar-refractivity contribution < 1.29 is 24.5 Å². The normalized spacial score (nSPS) is 15.6. The molecule has 3 N–H and O–H groups in total. The molecule has 1 fully saturated rings. The van der Waals surface area contributed by atoms with Gasteiger partial charge in [-0.1, -0.05) is 44.5 Å². The van der Waals surface area contributed by atoms with Crippen LogP contribution in [0.4, 0.5) is 10.2 Å². The van der Waals surface area contributed by atoms with Crippen LogP contribution < -0.4 is 10.3 Å². The van der Waals surface area contributed by atoms with Crippen LogP contribution in [0.25, 0.3) is 11.0 Å². The van der Waals surface area contributed by atoms with E-state index in [9.17, 15) is 29.3 Å². The van der Waals surface area contributed by atoms with E-state index in [0.717, 1.165) is 0 Å². The summed E-state index contributed by atoms with van der Waals surface area (Å²) in [5, 5.41) is 29.5. The van der Waals surface area contributed by atoms with Crippen LogP contribution in [-0.4, -0.2) is 81.7 Å². The number of aliphatic hydroxyl groups excluding tert-OH is 2. The average molecular weight is 561 g/mol. The summed E-state index contributed by atoms with van der Waals surface area (Å²) in [7, 11) is 0. The van der Waals surface area contributed by atoms with Crippen LogP contribution in [0, 0.1) is 11.2 Å². The minimum Gasteiger partial charge on any atom is -0.477 e. The number of aromatic carboxylic acids is 1. The van der Waals surface area contributed by atoms with E-state index in [0.29, 0.717) is 49.7 Å². The third-order valence-electron chi connectivity index (χ3n) is 7.30. The van der Waals surface area contributed by atoms with Gasteiger partial charge in [-0.2, -0.15) is 0 Å². The molecule has 2 aromatic heterocycles. The lowest BCUT2D eigenvalue weighted by atomic mass is 9.86. The van der Waals surface area contributed by atoms with Crippen molar-refractivity contribution >= 4 is 34.4 Å². The van der Waals surface area contributed by atoms with Gasteiger partial charge in [0, 0.05) is 50.9 Å². The highest BCUT2D eigenvalue weighted by atomic mass is 35.5. The first-order chi connectivity index (χ1) is 18.5. The maximum Gasteiger partial charge on any atom is 0.341 e. The van der Waals surface area contributed by atoms with Crippen molar-refractivity contribution in [3.63, 3.8) is 0 Å². The Labute approximate surface area is 231 Å². The third kappa shape index (κ3) is 5.94. The molecule has 0 amide bonds. The second-order valence-electron chi connectivity index (χ2n) is 10.9. The summed E-state index contributed by atoms with van der Waals surface area (Å²) in [5.74, 6) is -1.40. The number of pyridine rings is 2. The highest BCUT2D eigenvalue weighted by Crippen LogP contribution is 2.34. The fraction of sp³-hybridized carbons (Fsp3) is 0.464. The van der Waals surface area contributed by atoms with E-state index in [1.807, 2.05) is 20.8 Å². The molecule has 0 saturated carbocycles. The number of aliphatic hydroxyl groups is 2. The van der Waals surface area contributed by atoms with Crippen molar-refractivity contribution in [2.24, 2.45) is 5.41 Å². The molecule has 11 heteroatoms. The SMILES string of the molecule is CC(C)(C)[C@@H](CO)n1cc(C(=O)O)c(=O)c2cc(Cc3cccc(Cl)c3F)c(N3CCN(CCO)CC3)nc21. The first kappa shape index (κ1) is 28.9. The minimum atomic E-state index is -1.38. The molecular formula is C28H34ClFN4O5. The van der Waals surface area contributed by atoms with Crippen LogP contribution in [-0.2, 0) is 6.42 Å². The number of hydrogen-bond donors (Lipinski definition) is 3. The molecule has 1 aliphatic rings. The van der Waals surface area contributed by atoms with Crippen LogP contribution in [0.2, 0.25) is 5.02 Å². The predicted octanol–water partition coefficient (Wildman–Crippen LogP) is 3.17. The molecule has 210 valence electrons. The van der Waals surface area contributed by atoms with Gasteiger partial charge in [0.05, 0.1) is 29.7 Å². The molecule has 3 aromatic rings. The van der Waals surface area contributed by atoms with Gasteiger partial charge in [0.15, 0.2) is 0 Å². The number of carboxylic acids is 1. The molecule has 0 aliphatic carbocycles. The van der Waals surface area contributed by atoms with Gasteiger partial charge in [0.2, 0.25) is 5.43 Å². The third-order valence-corrected chi connectivity index (χ3v) is 7.59. The summed E-state index contributed by atoms with van der Waals surface area (Å²) < 4.78 is 16.5. The molecule has 39 heavy (non-hydrogen) atoms. The summed E-state index contributed by atoms with van der Waals surface area (Å²) in [6.07, 6.45) is 1.34. The van der Waals surface area contributed by atoms with Crippen LogP contribution in [0.5, 0.6) is 0 Å². The fourth-order valence-electron chi connectivity index (χ4n) is 5.09. The second kappa shape index (κ2) is 11.6. The highest BCUT2D eigenvalue weighted by Gasteiger charge is 2.30. The number of nitrogens with zero attached hydrogens (tertiary/aromatic N) is 4. The van der Waals surface area contributed by atoms with E-state index >= 15 is 0 Å². The average Bonchev–Trinajstić information content (AvgIpc) is 2.88. The molecule has 1 saturated heterocycles. The molecule has 1 aromatic carbocycles. The zero-order valence-electron chi connectivity index (χ0n) is 22.3. The first-order valence-corrected chi connectivity index (χ1v) is 13.3. The molecule has 0 spiro atoms. The number of anilines is 1. The zero-order chi connectivity index (χ0) is 28.5. The lowest BCUT2D eigenvalue weighted by Gasteiger charge is -2.36. The van der Waals surface area contributed by atoms with E-state index in [1.54, 1.807) is 22.8 Å². The zero-order valence-corrected chi connectivity index (χ0v) is 23.1. The van der Waals surface area contributed by atoms with E-state index in [2.05, 4.69) is 9.80 Å². The van der Waals surface area contributed by atoms with Crippen molar-refractivity contribution in [2.75, 3.05) is 50.8 Å². The number of carboxylic acid groups (broad SMARTS) is 1. The molecule has 9 nitrogen and oxygen atoms in total. The van der Waals surface area contributed by atoms with Gasteiger partial charge < -0.3 is 24.8 Å². The van der Waals surface area contributed by atoms with Gasteiger partial charge in [0.1, 0.15) is 22.8 Å². The Bertz CT molecular complexity index is 1430. The smallest absolute Gasteiger partial charge is 0.341 e. The van der Waals surface area contributed by atoms with E-state index in [-0.39, 0.29) is 35.7 Å². The summed E-state index contributed by atoms with van der Waals surface area (Å²) in [6, 6.07) is 5.74. The quantitative estimate of drug-likeness (QED) is 0.384. The van der Waals surface area contributed by atoms with Crippen LogP contribution in [0.15, 0.2) is 35.3 Å². The number of rotatable bonds is 8. The van der Waals surface area contributed by atoms with Gasteiger partial charge in [0.25, 0.3) is 0 Å². The van der Waals surface area contributed by atoms with E-state index < -0.39 is 34.2 Å². The standard InChI is InChI=1S/C28H34ClFN4O5/c1-28(2,3)22(16-36)34-15-20(27(38)39)24(37)19-14-18(13-17-5-4-6-21(29)23(17)30)25(31-26(19)34)33-9-7-32(8-10-33)11-12-35/h4-6,14-15,22,35-36H,7-13,16H2,1-3H3,(H,38,39)/t22-/m1/s1. The van der Waals surface area contributed by atoms with Crippen LogP contribution in [0.3, 0.4) is 0 Å². The fourth-order valence-corrected chi connectivity index (χ4v) is 5.29. The van der Waals surface area contributed by atoms with Crippen LogP contribution in [0.1, 0.15) is 48.3 Å². The Morgan fingerprint density at radius 3 is 2.44 bits per heavy atom. The van der Waals surface area contributed by atoms with Gasteiger partial charge >= 0.3 is 5.97 Å². The molecule has 0 unspecified atom stereocenters. The van der Waals surface area contributed by atoms with E-state index in [1.165, 1.54) is 12.3 Å². The largest absolute Gasteiger partial charge is 0.477 e. The van der Waals surface area contributed by atoms with Crippen LogP contribution >= 0.6 is 11.6 Å². The van der Waals surface area contributed by atoms with E-state index in [4.69, 9.17) is 16.6 Å². The lowest BCUT2D eigenvalue weighted by Crippen LogP contribution is -2.47. The minimum absolute atomic E-state index is 0.0214. The summed E-state index contributed by atoms with van der Waals surface area (Å²) in [6.45, 7) is 8.58. The van der Waals surface area contributed by atoms with Gasteiger partial charge in [-0.25, -0.2) is 14.2 Å². The van der Waals surface area contributed by atoms with Crippen molar-refractivity contribution in [1.29, 1.82) is 0 Å². The highest BCUT2D eigenvalue weighted by molar-refractivity contribution is 6.30. The maximum atomic E-state index is 14.9. The Morgan fingerprint density at radius 1 is 1.15 bits per heavy atom. The van der Waals surface area contributed by atoms with Gasteiger partial charge in [-0.05, 0) is 23.1 Å². The van der Waals surface area contributed by atoms with Crippen molar-refractivity contribution in [1.82, 2.24) is 14.5 Å². The number of β-amino-alcohol motifs (C(OH)–C–C–N with tert-alkyl or cyclic N) is 1. The molecule has 1 atom stereocenters. The van der Waals surface area contributed by atoms with Gasteiger partial charge in [-0.3, -0.25) is 9.69 Å². The number of fused-ring (bicyclic) bond motifs is 1. The maximum absolute atomic E-state index is 14.9. The first-order valence-electron chi connectivity index (χ1n) is 12.9. The molecule has 3 heterocycles. The topological polar surface area (TPSA) is 119 Å². The van der Waals surface area contributed by atoms with Crippen molar-refractivity contribution in [3.05, 3.63) is 68.2 Å². The molecule has 1 aliphatic heterocycles. The summed E-state index contributed by atoms with van der Waals surface area (Å²) in [5.41, 5.74) is -0.492. The van der Waals surface area contributed by atoms with Crippen molar-refractivity contribution in [3.8, 4) is 0 Å². The monoisotopic (exact) mass is 560 g/mol. The predicted molar refractivity (Wildman–Crippen MR) is 148 cm³/mol. The number of benzene rings is 1.